The number of carbonyl (C=O) groups excluding carboxylic acids is 1. The lowest BCUT2D eigenvalue weighted by atomic mass is 10.1. The molecule has 1 aromatic heterocycles. The molecule has 2 rings (SSSR count). The van der Waals surface area contributed by atoms with Crippen molar-refractivity contribution in [2.24, 2.45) is 5.92 Å². The van der Waals surface area contributed by atoms with E-state index in [1.165, 1.54) is 32.4 Å². The van der Waals surface area contributed by atoms with Crippen molar-refractivity contribution in [3.63, 3.8) is 0 Å². The van der Waals surface area contributed by atoms with Crippen LogP contribution < -0.4 is 5.32 Å². The molecule has 1 aliphatic heterocycles. The Morgan fingerprint density at radius 3 is 2.90 bits per heavy atom. The molecule has 1 aliphatic rings. The molecule has 1 fully saturated rings. The van der Waals surface area contributed by atoms with E-state index in [1.54, 1.807) is 18.3 Å². The number of amides is 1. The molecular formula is C15H22BrN3O. The van der Waals surface area contributed by atoms with Crippen molar-refractivity contribution in [3.05, 3.63) is 28.5 Å². The van der Waals surface area contributed by atoms with Crippen LogP contribution in [0, 0.1) is 5.92 Å². The molecule has 0 bridgehead atoms. The zero-order chi connectivity index (χ0) is 14.4. The molecule has 1 unspecified atom stereocenters. The Balaban J connectivity index is 1.76. The first-order valence-corrected chi connectivity index (χ1v) is 8.07. The van der Waals surface area contributed by atoms with Crippen LogP contribution in [0.5, 0.6) is 0 Å². The summed E-state index contributed by atoms with van der Waals surface area (Å²) >= 11 is 3.30. The smallest absolute Gasteiger partial charge is 0.254 e. The van der Waals surface area contributed by atoms with Crippen molar-refractivity contribution < 1.29 is 4.79 Å². The van der Waals surface area contributed by atoms with Crippen molar-refractivity contribution in [2.75, 3.05) is 26.2 Å². The summed E-state index contributed by atoms with van der Waals surface area (Å²) in [5, 5.41) is 2.99. The van der Waals surface area contributed by atoms with Gasteiger partial charge in [-0.05, 0) is 59.9 Å². The summed E-state index contributed by atoms with van der Waals surface area (Å²) in [7, 11) is 0. The number of halogens is 1. The minimum Gasteiger partial charge on any atom is -0.352 e. The van der Waals surface area contributed by atoms with Gasteiger partial charge in [0.2, 0.25) is 0 Å². The van der Waals surface area contributed by atoms with E-state index in [0.717, 1.165) is 6.54 Å². The van der Waals surface area contributed by atoms with Gasteiger partial charge >= 0.3 is 0 Å². The first kappa shape index (κ1) is 15.4. The number of nitrogens with one attached hydrogen (secondary N) is 1. The number of carbonyl (C=O) groups is 1. The first-order valence-electron chi connectivity index (χ1n) is 7.28. The Morgan fingerprint density at radius 1 is 1.45 bits per heavy atom. The molecule has 0 aliphatic carbocycles. The molecule has 0 spiro atoms. The predicted molar refractivity (Wildman–Crippen MR) is 83.7 cm³/mol. The van der Waals surface area contributed by atoms with Crippen LogP contribution >= 0.6 is 15.9 Å². The molecule has 1 saturated heterocycles. The van der Waals surface area contributed by atoms with Gasteiger partial charge in [0.1, 0.15) is 4.60 Å². The van der Waals surface area contributed by atoms with Crippen LogP contribution in [0.25, 0.3) is 0 Å². The minimum atomic E-state index is -0.0598. The van der Waals surface area contributed by atoms with E-state index in [0.29, 0.717) is 22.6 Å². The quantitative estimate of drug-likeness (QED) is 0.839. The largest absolute Gasteiger partial charge is 0.352 e. The summed E-state index contributed by atoms with van der Waals surface area (Å²) in [5.74, 6) is 0.406. The van der Waals surface area contributed by atoms with Crippen LogP contribution in [0.4, 0.5) is 0 Å². The van der Waals surface area contributed by atoms with Crippen molar-refractivity contribution in [3.8, 4) is 0 Å². The fourth-order valence-corrected chi connectivity index (χ4v) is 3.00. The summed E-state index contributed by atoms with van der Waals surface area (Å²) in [6.07, 6.45) is 5.64. The highest BCUT2D eigenvalue weighted by Gasteiger charge is 2.15. The van der Waals surface area contributed by atoms with Crippen LogP contribution in [0.2, 0.25) is 0 Å². The summed E-state index contributed by atoms with van der Waals surface area (Å²) in [4.78, 5) is 18.6. The Bertz CT molecular complexity index is 446. The van der Waals surface area contributed by atoms with E-state index >= 15 is 0 Å². The van der Waals surface area contributed by atoms with Crippen molar-refractivity contribution in [1.29, 1.82) is 0 Å². The summed E-state index contributed by atoms with van der Waals surface area (Å²) in [6.45, 7) is 6.36. The lowest BCUT2D eigenvalue weighted by Gasteiger charge is -2.29. The van der Waals surface area contributed by atoms with E-state index in [2.05, 4.69) is 38.1 Å². The van der Waals surface area contributed by atoms with Gasteiger partial charge in [0, 0.05) is 19.3 Å². The maximum Gasteiger partial charge on any atom is 0.254 e. The van der Waals surface area contributed by atoms with Gasteiger partial charge in [-0.1, -0.05) is 13.3 Å². The third-order valence-corrected chi connectivity index (χ3v) is 4.27. The van der Waals surface area contributed by atoms with E-state index < -0.39 is 0 Å². The highest BCUT2D eigenvalue weighted by molar-refractivity contribution is 9.10. The molecule has 5 heteroatoms. The van der Waals surface area contributed by atoms with Gasteiger partial charge < -0.3 is 10.2 Å². The monoisotopic (exact) mass is 339 g/mol. The van der Waals surface area contributed by atoms with Crippen molar-refractivity contribution in [2.45, 2.75) is 26.2 Å². The van der Waals surface area contributed by atoms with E-state index in [9.17, 15) is 4.79 Å². The van der Waals surface area contributed by atoms with Crippen LogP contribution in [0.15, 0.2) is 22.9 Å². The lowest BCUT2D eigenvalue weighted by molar-refractivity contribution is 0.0941. The molecule has 4 nitrogen and oxygen atoms in total. The standard InChI is InChI=1S/C15H22BrN3O/c1-12(11-19-8-3-2-4-9-19)10-18-15(20)13-6-5-7-17-14(13)16/h5-7,12H,2-4,8-11H2,1H3,(H,18,20). The molecule has 0 saturated carbocycles. The van der Waals surface area contributed by atoms with Crippen LogP contribution in [0.1, 0.15) is 36.5 Å². The maximum atomic E-state index is 12.1. The second-order valence-electron chi connectivity index (χ2n) is 5.52. The Kier molecular flexibility index (Phi) is 5.98. The number of hydrogen-bond donors (Lipinski definition) is 1. The van der Waals surface area contributed by atoms with Gasteiger partial charge in [0.15, 0.2) is 0 Å². The highest BCUT2D eigenvalue weighted by Crippen LogP contribution is 2.13. The number of nitrogens with zero attached hydrogens (tertiary/aromatic N) is 2. The predicted octanol–water partition coefficient (Wildman–Crippen LogP) is 2.70. The molecule has 0 radical (unpaired) electrons. The topological polar surface area (TPSA) is 45.2 Å². The van der Waals surface area contributed by atoms with E-state index in [1.807, 2.05) is 0 Å². The SMILES string of the molecule is CC(CNC(=O)c1cccnc1Br)CN1CCCCC1. The maximum absolute atomic E-state index is 12.1. The molecular weight excluding hydrogens is 318 g/mol. The summed E-state index contributed by atoms with van der Waals surface area (Å²) in [5.41, 5.74) is 0.595. The van der Waals surface area contributed by atoms with E-state index in [4.69, 9.17) is 0 Å². The lowest BCUT2D eigenvalue weighted by Crippen LogP contribution is -2.38. The summed E-state index contributed by atoms with van der Waals surface area (Å²) < 4.78 is 0.598. The van der Waals surface area contributed by atoms with Crippen molar-refractivity contribution in [1.82, 2.24) is 15.2 Å². The van der Waals surface area contributed by atoms with Gasteiger partial charge in [-0.25, -0.2) is 4.98 Å². The second-order valence-corrected chi connectivity index (χ2v) is 6.27. The van der Waals surface area contributed by atoms with Crippen LogP contribution in [0.3, 0.4) is 0 Å². The van der Waals surface area contributed by atoms with Gasteiger partial charge in [-0.2, -0.15) is 0 Å². The first-order chi connectivity index (χ1) is 9.66. The van der Waals surface area contributed by atoms with Crippen LogP contribution in [-0.4, -0.2) is 42.0 Å². The average molecular weight is 340 g/mol. The molecule has 0 aromatic carbocycles. The molecule has 1 atom stereocenters. The Morgan fingerprint density at radius 2 is 2.20 bits per heavy atom. The fourth-order valence-electron chi connectivity index (χ4n) is 2.56. The fraction of sp³-hybridized carbons (Fsp3) is 0.600. The number of piperidine rings is 1. The minimum absolute atomic E-state index is 0.0598. The van der Waals surface area contributed by atoms with Crippen molar-refractivity contribution >= 4 is 21.8 Å². The van der Waals surface area contributed by atoms with Crippen LogP contribution in [-0.2, 0) is 0 Å². The Hall–Kier alpha value is -0.940. The zero-order valence-electron chi connectivity index (χ0n) is 11.9. The zero-order valence-corrected chi connectivity index (χ0v) is 13.5. The number of aromatic nitrogens is 1. The Labute approximate surface area is 129 Å². The number of likely N-dealkylation sites (tertiary alicyclic amines) is 1. The molecule has 1 amide bonds. The molecule has 20 heavy (non-hydrogen) atoms. The molecule has 1 aromatic rings. The third-order valence-electron chi connectivity index (χ3n) is 3.63. The molecule has 1 N–H and O–H groups in total. The van der Waals surface area contributed by atoms with E-state index in [-0.39, 0.29) is 5.91 Å². The number of pyridine rings is 1. The highest BCUT2D eigenvalue weighted by atomic mass is 79.9. The average Bonchev–Trinajstić information content (AvgIpc) is 2.46. The normalized spacial score (nSPS) is 17.7. The molecule has 110 valence electrons. The molecule has 2 heterocycles. The number of hydrogen-bond acceptors (Lipinski definition) is 3. The summed E-state index contributed by atoms with van der Waals surface area (Å²) in [6, 6.07) is 3.55. The third kappa shape index (κ3) is 4.56. The van der Waals surface area contributed by atoms with Gasteiger partial charge in [-0.3, -0.25) is 4.79 Å². The van der Waals surface area contributed by atoms with Gasteiger partial charge in [-0.15, -0.1) is 0 Å². The van der Waals surface area contributed by atoms with Gasteiger partial charge in [0.25, 0.3) is 5.91 Å². The van der Waals surface area contributed by atoms with Gasteiger partial charge in [0.05, 0.1) is 5.56 Å². The second kappa shape index (κ2) is 7.74. The number of rotatable bonds is 5.